The molecule has 1 aliphatic rings. The Morgan fingerprint density at radius 1 is 1.09 bits per heavy atom. The zero-order valence-corrected chi connectivity index (χ0v) is 8.19. The van der Waals surface area contributed by atoms with E-state index >= 15 is 0 Å². The molecular formula is C9H19LiN+. The molecule has 11 heavy (non-hydrogen) atoms. The average molecular weight is 148 g/mol. The first kappa shape index (κ1) is 11.6. The van der Waals surface area contributed by atoms with Gasteiger partial charge in [0.2, 0.25) is 0 Å². The molecule has 0 unspecified atom stereocenters. The monoisotopic (exact) mass is 148 g/mol. The molecule has 1 aliphatic carbocycles. The van der Waals surface area contributed by atoms with Gasteiger partial charge in [-0.2, -0.15) is 0 Å². The van der Waals surface area contributed by atoms with Gasteiger partial charge in [0, 0.05) is 12.1 Å². The topological polar surface area (TPSA) is 12.0 Å². The molecular weight excluding hydrogens is 129 g/mol. The minimum absolute atomic E-state index is 0. The molecule has 1 fully saturated rings. The van der Waals surface area contributed by atoms with E-state index in [2.05, 4.69) is 19.2 Å². The van der Waals surface area contributed by atoms with Crippen molar-refractivity contribution in [1.82, 2.24) is 5.32 Å². The average Bonchev–Trinajstić information content (AvgIpc) is 1.88. The number of hydrogen-bond donors (Lipinski definition) is 1. The van der Waals surface area contributed by atoms with Crippen LogP contribution in [0.5, 0.6) is 0 Å². The first-order chi connectivity index (χ1) is 4.79. The molecule has 1 N–H and O–H groups in total. The SMILES string of the molecule is CC(C)NC1CCCCC1.[Li+]. The first-order valence-electron chi connectivity index (χ1n) is 4.55. The standard InChI is InChI=1S/C9H19N.Li/c1-8(2)10-9-6-4-3-5-7-9;/h8-10H,3-7H2,1-2H3;/q;+1. The summed E-state index contributed by atoms with van der Waals surface area (Å²) in [4.78, 5) is 0. The fraction of sp³-hybridized carbons (Fsp3) is 1.00. The van der Waals surface area contributed by atoms with E-state index in [0.29, 0.717) is 6.04 Å². The maximum Gasteiger partial charge on any atom is 1.00 e. The van der Waals surface area contributed by atoms with Gasteiger partial charge < -0.3 is 5.32 Å². The maximum absolute atomic E-state index is 3.58. The second kappa shape index (κ2) is 6.12. The van der Waals surface area contributed by atoms with Gasteiger partial charge in [0.05, 0.1) is 0 Å². The summed E-state index contributed by atoms with van der Waals surface area (Å²) < 4.78 is 0. The third kappa shape index (κ3) is 4.90. The molecule has 0 amide bonds. The molecule has 0 saturated heterocycles. The van der Waals surface area contributed by atoms with E-state index in [1.807, 2.05) is 0 Å². The van der Waals surface area contributed by atoms with Crippen LogP contribution in [0, 0.1) is 0 Å². The first-order valence-corrected chi connectivity index (χ1v) is 4.55. The van der Waals surface area contributed by atoms with Crippen molar-refractivity contribution in [1.29, 1.82) is 0 Å². The predicted molar refractivity (Wildman–Crippen MR) is 45.1 cm³/mol. The van der Waals surface area contributed by atoms with Gasteiger partial charge in [-0.05, 0) is 12.8 Å². The van der Waals surface area contributed by atoms with E-state index in [4.69, 9.17) is 0 Å². The molecule has 0 spiro atoms. The van der Waals surface area contributed by atoms with E-state index in [0.717, 1.165) is 6.04 Å². The fourth-order valence-electron chi connectivity index (χ4n) is 1.74. The predicted octanol–water partition coefficient (Wildman–Crippen LogP) is -0.679. The molecule has 0 radical (unpaired) electrons. The third-order valence-corrected chi connectivity index (χ3v) is 2.17. The molecule has 60 valence electrons. The minimum Gasteiger partial charge on any atom is -0.312 e. The molecule has 1 rings (SSSR count). The van der Waals surface area contributed by atoms with Crippen LogP contribution in [0.4, 0.5) is 0 Å². The minimum atomic E-state index is 0. The van der Waals surface area contributed by atoms with Crippen molar-refractivity contribution in [2.24, 2.45) is 0 Å². The van der Waals surface area contributed by atoms with E-state index in [-0.39, 0.29) is 18.9 Å². The Morgan fingerprint density at radius 3 is 2.09 bits per heavy atom. The van der Waals surface area contributed by atoms with Gasteiger partial charge in [-0.3, -0.25) is 0 Å². The van der Waals surface area contributed by atoms with Crippen LogP contribution < -0.4 is 24.2 Å². The van der Waals surface area contributed by atoms with Gasteiger partial charge in [0.25, 0.3) is 0 Å². The second-order valence-corrected chi connectivity index (χ2v) is 3.66. The van der Waals surface area contributed by atoms with Crippen molar-refractivity contribution in [3.8, 4) is 0 Å². The van der Waals surface area contributed by atoms with Crippen molar-refractivity contribution < 1.29 is 18.9 Å². The summed E-state index contributed by atoms with van der Waals surface area (Å²) in [5, 5.41) is 3.58. The Hall–Kier alpha value is 0.557. The molecule has 0 aromatic carbocycles. The molecule has 0 atom stereocenters. The van der Waals surface area contributed by atoms with Gasteiger partial charge in [0.15, 0.2) is 0 Å². The van der Waals surface area contributed by atoms with Gasteiger partial charge in [-0.1, -0.05) is 33.1 Å². The summed E-state index contributed by atoms with van der Waals surface area (Å²) in [5.41, 5.74) is 0. The molecule has 0 aromatic heterocycles. The van der Waals surface area contributed by atoms with Crippen LogP contribution in [-0.4, -0.2) is 12.1 Å². The molecule has 0 aliphatic heterocycles. The Bertz CT molecular complexity index is 87.6. The maximum atomic E-state index is 3.58. The molecule has 1 nitrogen and oxygen atoms in total. The van der Waals surface area contributed by atoms with Gasteiger partial charge in [-0.25, -0.2) is 0 Å². The Morgan fingerprint density at radius 2 is 1.64 bits per heavy atom. The van der Waals surface area contributed by atoms with E-state index in [1.54, 1.807) is 0 Å². The summed E-state index contributed by atoms with van der Waals surface area (Å²) in [7, 11) is 0. The second-order valence-electron chi connectivity index (χ2n) is 3.66. The summed E-state index contributed by atoms with van der Waals surface area (Å²) in [6.45, 7) is 4.46. The van der Waals surface area contributed by atoms with Crippen LogP contribution in [0.2, 0.25) is 0 Å². The zero-order valence-electron chi connectivity index (χ0n) is 8.19. The van der Waals surface area contributed by atoms with Crippen LogP contribution in [0.15, 0.2) is 0 Å². The summed E-state index contributed by atoms with van der Waals surface area (Å²) in [6, 6.07) is 1.50. The molecule has 1 saturated carbocycles. The van der Waals surface area contributed by atoms with Crippen molar-refractivity contribution >= 4 is 0 Å². The van der Waals surface area contributed by atoms with E-state index in [9.17, 15) is 0 Å². The van der Waals surface area contributed by atoms with Gasteiger partial charge >= 0.3 is 18.9 Å². The quantitative estimate of drug-likeness (QED) is 0.512. The molecule has 0 heterocycles. The number of hydrogen-bond acceptors (Lipinski definition) is 1. The van der Waals surface area contributed by atoms with Crippen LogP contribution in [-0.2, 0) is 0 Å². The summed E-state index contributed by atoms with van der Waals surface area (Å²) >= 11 is 0. The van der Waals surface area contributed by atoms with Crippen molar-refractivity contribution in [2.45, 2.75) is 58.0 Å². The zero-order chi connectivity index (χ0) is 7.40. The van der Waals surface area contributed by atoms with Crippen LogP contribution in [0.25, 0.3) is 0 Å². The van der Waals surface area contributed by atoms with Gasteiger partial charge in [0.1, 0.15) is 0 Å². The van der Waals surface area contributed by atoms with Gasteiger partial charge in [-0.15, -0.1) is 0 Å². The Balaban J connectivity index is 0.000001000. The van der Waals surface area contributed by atoms with Crippen LogP contribution in [0.3, 0.4) is 0 Å². The Labute approximate surface area is 82.5 Å². The normalized spacial score (nSPS) is 19.9. The molecule has 0 aromatic rings. The van der Waals surface area contributed by atoms with Crippen molar-refractivity contribution in [3.63, 3.8) is 0 Å². The van der Waals surface area contributed by atoms with Crippen molar-refractivity contribution in [2.75, 3.05) is 0 Å². The summed E-state index contributed by atoms with van der Waals surface area (Å²) in [5.74, 6) is 0. The van der Waals surface area contributed by atoms with Crippen molar-refractivity contribution in [3.05, 3.63) is 0 Å². The van der Waals surface area contributed by atoms with E-state index in [1.165, 1.54) is 32.1 Å². The number of nitrogens with one attached hydrogen (secondary N) is 1. The fourth-order valence-corrected chi connectivity index (χ4v) is 1.74. The van der Waals surface area contributed by atoms with E-state index < -0.39 is 0 Å². The largest absolute Gasteiger partial charge is 1.00 e. The third-order valence-electron chi connectivity index (χ3n) is 2.17. The summed E-state index contributed by atoms with van der Waals surface area (Å²) in [6.07, 6.45) is 7.13. The van der Waals surface area contributed by atoms with Crippen LogP contribution >= 0.6 is 0 Å². The molecule has 2 heteroatoms. The Kier molecular flexibility index (Phi) is 6.43. The van der Waals surface area contributed by atoms with Crippen LogP contribution in [0.1, 0.15) is 46.0 Å². The smallest absolute Gasteiger partial charge is 0.312 e. The molecule has 0 bridgehead atoms. The number of rotatable bonds is 2.